The van der Waals surface area contributed by atoms with Crippen molar-refractivity contribution in [1.29, 1.82) is 0 Å². The van der Waals surface area contributed by atoms with Crippen LogP contribution >= 0.6 is 0 Å². The van der Waals surface area contributed by atoms with E-state index in [9.17, 15) is 0 Å². The molecule has 1 aromatic rings. The molecule has 0 aliphatic heterocycles. The van der Waals surface area contributed by atoms with Crippen molar-refractivity contribution in [1.82, 2.24) is 0 Å². The van der Waals surface area contributed by atoms with Crippen molar-refractivity contribution in [3.63, 3.8) is 0 Å². The number of benzene rings is 1. The van der Waals surface area contributed by atoms with Gasteiger partial charge in [-0.25, -0.2) is 0 Å². The molecule has 0 saturated heterocycles. The summed E-state index contributed by atoms with van der Waals surface area (Å²) in [5, 5.41) is 0. The van der Waals surface area contributed by atoms with E-state index in [1.165, 1.54) is 5.56 Å². The summed E-state index contributed by atoms with van der Waals surface area (Å²) in [6.45, 7) is 4.32. The maximum Gasteiger partial charge on any atom is 0.0744 e. The first-order valence-corrected chi connectivity index (χ1v) is 6.47. The van der Waals surface area contributed by atoms with Crippen LogP contribution in [-0.4, -0.2) is 19.3 Å². The summed E-state index contributed by atoms with van der Waals surface area (Å²) >= 11 is 0. The molecule has 2 atom stereocenters. The van der Waals surface area contributed by atoms with Crippen LogP contribution in [0, 0.1) is 5.92 Å². The van der Waals surface area contributed by atoms with Crippen LogP contribution in [0.1, 0.15) is 32.3 Å². The van der Waals surface area contributed by atoms with Gasteiger partial charge in [0.2, 0.25) is 0 Å². The Kier molecular flexibility index (Phi) is 6.23. The van der Waals surface area contributed by atoms with Gasteiger partial charge in [0.05, 0.1) is 6.10 Å². The molecule has 0 fully saturated rings. The second kappa shape index (κ2) is 7.46. The average Bonchev–Trinajstić information content (AvgIpc) is 2.30. The van der Waals surface area contributed by atoms with Crippen molar-refractivity contribution in [2.24, 2.45) is 11.7 Å². The Morgan fingerprint density at radius 2 is 1.82 bits per heavy atom. The van der Waals surface area contributed by atoms with Crippen LogP contribution < -0.4 is 5.73 Å². The van der Waals surface area contributed by atoms with E-state index in [2.05, 4.69) is 44.2 Å². The monoisotopic (exact) mass is 235 g/mol. The van der Waals surface area contributed by atoms with Crippen LogP contribution in [0.5, 0.6) is 0 Å². The molecule has 2 nitrogen and oxygen atoms in total. The summed E-state index contributed by atoms with van der Waals surface area (Å²) in [6, 6.07) is 10.7. The summed E-state index contributed by atoms with van der Waals surface area (Å²) in [4.78, 5) is 0. The highest BCUT2D eigenvalue weighted by molar-refractivity contribution is 5.14. The minimum absolute atomic E-state index is 0.142. The molecule has 0 aliphatic rings. The van der Waals surface area contributed by atoms with Gasteiger partial charge in [-0.3, -0.25) is 0 Å². The number of hydrogen-bond acceptors (Lipinski definition) is 2. The zero-order valence-corrected chi connectivity index (χ0v) is 11.2. The number of methoxy groups -OCH3 is 1. The molecule has 17 heavy (non-hydrogen) atoms. The fourth-order valence-corrected chi connectivity index (χ4v) is 2.29. The summed E-state index contributed by atoms with van der Waals surface area (Å²) in [6.07, 6.45) is 3.41. The highest BCUT2D eigenvalue weighted by Gasteiger charge is 2.20. The SMILES string of the molecule is COC(C(C)C)C(N)CCCc1ccccc1. The Morgan fingerprint density at radius 3 is 2.35 bits per heavy atom. The molecule has 0 amide bonds. The Morgan fingerprint density at radius 1 is 1.18 bits per heavy atom. The smallest absolute Gasteiger partial charge is 0.0744 e. The van der Waals surface area contributed by atoms with Gasteiger partial charge in [0.25, 0.3) is 0 Å². The van der Waals surface area contributed by atoms with Gasteiger partial charge in [0.1, 0.15) is 0 Å². The van der Waals surface area contributed by atoms with E-state index in [0.717, 1.165) is 19.3 Å². The standard InChI is InChI=1S/C15H25NO/c1-12(2)15(17-3)14(16)11-7-10-13-8-5-4-6-9-13/h4-6,8-9,12,14-15H,7,10-11,16H2,1-3H3. The molecule has 0 saturated carbocycles. The number of nitrogens with two attached hydrogens (primary N) is 1. The predicted octanol–water partition coefficient (Wildman–Crippen LogP) is 3.01. The molecule has 0 radical (unpaired) electrons. The van der Waals surface area contributed by atoms with Crippen LogP contribution in [0.25, 0.3) is 0 Å². The van der Waals surface area contributed by atoms with Crippen LogP contribution in [0.3, 0.4) is 0 Å². The molecule has 2 heteroatoms. The number of ether oxygens (including phenoxy) is 1. The second-order valence-corrected chi connectivity index (χ2v) is 4.99. The summed E-state index contributed by atoms with van der Waals surface area (Å²) in [5.74, 6) is 0.478. The number of aryl methyl sites for hydroxylation is 1. The largest absolute Gasteiger partial charge is 0.380 e. The van der Waals surface area contributed by atoms with Crippen molar-refractivity contribution < 1.29 is 4.74 Å². The van der Waals surface area contributed by atoms with E-state index in [0.29, 0.717) is 5.92 Å². The van der Waals surface area contributed by atoms with Gasteiger partial charge in [0.15, 0.2) is 0 Å². The molecule has 0 heterocycles. The third-order valence-corrected chi connectivity index (χ3v) is 3.20. The first-order chi connectivity index (χ1) is 8.15. The third kappa shape index (κ3) is 4.88. The van der Waals surface area contributed by atoms with Gasteiger partial charge < -0.3 is 10.5 Å². The van der Waals surface area contributed by atoms with Gasteiger partial charge in [-0.05, 0) is 30.7 Å². The zero-order valence-electron chi connectivity index (χ0n) is 11.2. The van der Waals surface area contributed by atoms with E-state index >= 15 is 0 Å². The van der Waals surface area contributed by atoms with Crippen LogP contribution in [0.4, 0.5) is 0 Å². The molecule has 0 spiro atoms. The van der Waals surface area contributed by atoms with Crippen molar-refractivity contribution in [2.45, 2.75) is 45.3 Å². The molecule has 0 aromatic heterocycles. The zero-order chi connectivity index (χ0) is 12.7. The van der Waals surface area contributed by atoms with Crippen LogP contribution in [-0.2, 0) is 11.2 Å². The van der Waals surface area contributed by atoms with E-state index in [1.54, 1.807) is 7.11 Å². The van der Waals surface area contributed by atoms with E-state index in [1.807, 2.05) is 0 Å². The Labute approximate surface area is 105 Å². The average molecular weight is 235 g/mol. The maximum absolute atomic E-state index is 6.17. The molecule has 0 aliphatic carbocycles. The minimum Gasteiger partial charge on any atom is -0.380 e. The molecular formula is C15H25NO. The van der Waals surface area contributed by atoms with Crippen LogP contribution in [0.2, 0.25) is 0 Å². The molecule has 2 unspecified atom stereocenters. The molecule has 0 bridgehead atoms. The summed E-state index contributed by atoms with van der Waals surface area (Å²) in [7, 11) is 1.75. The number of hydrogen-bond donors (Lipinski definition) is 1. The Bertz CT molecular complexity index is 297. The molecule has 2 N–H and O–H groups in total. The quantitative estimate of drug-likeness (QED) is 0.788. The Hall–Kier alpha value is -0.860. The highest BCUT2D eigenvalue weighted by atomic mass is 16.5. The number of rotatable bonds is 7. The third-order valence-electron chi connectivity index (χ3n) is 3.20. The summed E-state index contributed by atoms with van der Waals surface area (Å²) < 4.78 is 5.45. The summed E-state index contributed by atoms with van der Waals surface area (Å²) in [5.41, 5.74) is 7.56. The minimum atomic E-state index is 0.142. The fourth-order valence-electron chi connectivity index (χ4n) is 2.29. The Balaban J connectivity index is 2.31. The van der Waals surface area contributed by atoms with Gasteiger partial charge in [-0.15, -0.1) is 0 Å². The second-order valence-electron chi connectivity index (χ2n) is 4.99. The van der Waals surface area contributed by atoms with Gasteiger partial charge in [-0.1, -0.05) is 44.2 Å². The van der Waals surface area contributed by atoms with Crippen LogP contribution in [0.15, 0.2) is 30.3 Å². The lowest BCUT2D eigenvalue weighted by Crippen LogP contribution is -2.39. The lowest BCUT2D eigenvalue weighted by molar-refractivity contribution is 0.0414. The van der Waals surface area contributed by atoms with Crippen molar-refractivity contribution in [2.75, 3.05) is 7.11 Å². The first kappa shape index (κ1) is 14.2. The molecular weight excluding hydrogens is 210 g/mol. The van der Waals surface area contributed by atoms with Gasteiger partial charge in [0, 0.05) is 13.2 Å². The van der Waals surface area contributed by atoms with Gasteiger partial charge in [-0.2, -0.15) is 0 Å². The lowest BCUT2D eigenvalue weighted by Gasteiger charge is -2.25. The molecule has 96 valence electrons. The van der Waals surface area contributed by atoms with E-state index < -0.39 is 0 Å². The first-order valence-electron chi connectivity index (χ1n) is 6.47. The lowest BCUT2D eigenvalue weighted by atomic mass is 9.95. The van der Waals surface area contributed by atoms with Crippen molar-refractivity contribution in [3.8, 4) is 0 Å². The fraction of sp³-hybridized carbons (Fsp3) is 0.600. The van der Waals surface area contributed by atoms with E-state index in [4.69, 9.17) is 10.5 Å². The molecule has 1 aromatic carbocycles. The normalized spacial score (nSPS) is 14.9. The van der Waals surface area contributed by atoms with Crippen molar-refractivity contribution in [3.05, 3.63) is 35.9 Å². The topological polar surface area (TPSA) is 35.2 Å². The van der Waals surface area contributed by atoms with Gasteiger partial charge >= 0.3 is 0 Å². The maximum atomic E-state index is 6.17. The molecule has 1 rings (SSSR count). The highest BCUT2D eigenvalue weighted by Crippen LogP contribution is 2.14. The predicted molar refractivity (Wildman–Crippen MR) is 73.0 cm³/mol. The van der Waals surface area contributed by atoms with Crippen molar-refractivity contribution >= 4 is 0 Å². The van der Waals surface area contributed by atoms with E-state index in [-0.39, 0.29) is 12.1 Å².